The molecule has 0 saturated carbocycles. The van der Waals surface area contributed by atoms with Crippen LogP contribution < -0.4 is 4.74 Å². The summed E-state index contributed by atoms with van der Waals surface area (Å²) < 4.78 is 48.7. The molecule has 2 aliphatic heterocycles. The number of halogens is 3. The lowest BCUT2D eigenvalue weighted by atomic mass is 9.88. The van der Waals surface area contributed by atoms with Crippen LogP contribution in [0.3, 0.4) is 0 Å². The van der Waals surface area contributed by atoms with Crippen LogP contribution in [0.4, 0.5) is 13.2 Å². The number of likely N-dealkylation sites (N-methyl/N-ethyl adjacent to an activating group) is 1. The summed E-state index contributed by atoms with van der Waals surface area (Å²) in [5, 5.41) is 1.11. The number of nitrogens with zero attached hydrogens (tertiary/aromatic N) is 2. The van der Waals surface area contributed by atoms with Gasteiger partial charge in [-0.25, -0.2) is 8.78 Å². The predicted molar refractivity (Wildman–Crippen MR) is 119 cm³/mol. The number of rotatable bonds is 6. The van der Waals surface area contributed by atoms with Crippen molar-refractivity contribution >= 4 is 10.9 Å². The number of ether oxygens (including phenoxy) is 1. The van der Waals surface area contributed by atoms with E-state index < -0.39 is 17.7 Å². The molecule has 1 N–H and O–H groups in total. The van der Waals surface area contributed by atoms with E-state index in [9.17, 15) is 4.39 Å². The highest BCUT2D eigenvalue weighted by molar-refractivity contribution is 5.85. The topological polar surface area (TPSA) is 31.5 Å². The van der Waals surface area contributed by atoms with Gasteiger partial charge in [-0.2, -0.15) is 0 Å². The first-order valence-electron chi connectivity index (χ1n) is 11.2. The SMILES string of the molecule is CC1Cc2c([nH]c3ccccc23)[C@@H](c2c(F)cc(OCCN3CC(CF)C3)cc2F)N1C. The summed E-state index contributed by atoms with van der Waals surface area (Å²) >= 11 is 0. The largest absolute Gasteiger partial charge is 0.492 e. The molecule has 2 atom stereocenters. The van der Waals surface area contributed by atoms with Gasteiger partial charge in [0.05, 0.1) is 12.7 Å². The summed E-state index contributed by atoms with van der Waals surface area (Å²) in [6, 6.07) is 10.1. The van der Waals surface area contributed by atoms with Gasteiger partial charge in [0.1, 0.15) is 24.0 Å². The Balaban J connectivity index is 1.41. The molecule has 0 spiro atoms. The van der Waals surface area contributed by atoms with Crippen LogP contribution in [0, 0.1) is 17.6 Å². The van der Waals surface area contributed by atoms with E-state index in [0.717, 1.165) is 28.6 Å². The van der Waals surface area contributed by atoms with Crippen molar-refractivity contribution in [2.24, 2.45) is 5.92 Å². The molecular formula is C25H28F3N3O. The average molecular weight is 444 g/mol. The van der Waals surface area contributed by atoms with Crippen molar-refractivity contribution in [3.05, 3.63) is 64.9 Å². The third-order valence-corrected chi connectivity index (χ3v) is 6.98. The molecule has 4 nitrogen and oxygen atoms in total. The molecule has 5 rings (SSSR count). The van der Waals surface area contributed by atoms with E-state index >= 15 is 8.78 Å². The molecule has 0 aliphatic carbocycles. The van der Waals surface area contributed by atoms with Gasteiger partial charge in [-0.05, 0) is 32.0 Å². The zero-order chi connectivity index (χ0) is 22.4. The molecule has 32 heavy (non-hydrogen) atoms. The molecule has 1 saturated heterocycles. The molecule has 3 aromatic rings. The lowest BCUT2D eigenvalue weighted by molar-refractivity contribution is 0.0667. The number of aromatic amines is 1. The van der Waals surface area contributed by atoms with Gasteiger partial charge >= 0.3 is 0 Å². The second-order valence-electron chi connectivity index (χ2n) is 9.11. The Bertz CT molecular complexity index is 1100. The molecule has 1 fully saturated rings. The molecule has 0 radical (unpaired) electrons. The molecule has 3 heterocycles. The van der Waals surface area contributed by atoms with Crippen LogP contribution >= 0.6 is 0 Å². The van der Waals surface area contributed by atoms with Crippen LogP contribution in [-0.4, -0.2) is 60.8 Å². The number of nitrogens with one attached hydrogen (secondary N) is 1. The first-order valence-corrected chi connectivity index (χ1v) is 11.2. The highest BCUT2D eigenvalue weighted by Gasteiger charge is 2.36. The van der Waals surface area contributed by atoms with Crippen LogP contribution in [0.5, 0.6) is 5.75 Å². The molecule has 0 amide bonds. The number of alkyl halides is 1. The molecule has 0 bridgehead atoms. The maximum Gasteiger partial charge on any atom is 0.135 e. The van der Waals surface area contributed by atoms with E-state index in [2.05, 4.69) is 22.9 Å². The first kappa shape index (κ1) is 21.3. The van der Waals surface area contributed by atoms with E-state index in [1.165, 1.54) is 12.1 Å². The highest BCUT2D eigenvalue weighted by Crippen LogP contribution is 2.42. The van der Waals surface area contributed by atoms with Crippen molar-refractivity contribution in [3.8, 4) is 5.75 Å². The van der Waals surface area contributed by atoms with Gasteiger partial charge in [-0.3, -0.25) is 14.2 Å². The Morgan fingerprint density at radius 1 is 1.12 bits per heavy atom. The van der Waals surface area contributed by atoms with Gasteiger partial charge in [0, 0.05) is 65.9 Å². The fourth-order valence-electron chi connectivity index (χ4n) is 5.07. The number of benzene rings is 2. The molecule has 1 aromatic heterocycles. The minimum Gasteiger partial charge on any atom is -0.492 e. The molecule has 170 valence electrons. The Morgan fingerprint density at radius 3 is 2.56 bits per heavy atom. The second kappa shape index (κ2) is 8.45. The average Bonchev–Trinajstić information content (AvgIpc) is 3.10. The van der Waals surface area contributed by atoms with Crippen LogP contribution in [0.15, 0.2) is 36.4 Å². The molecule has 2 aromatic carbocycles. The van der Waals surface area contributed by atoms with Crippen LogP contribution in [-0.2, 0) is 6.42 Å². The quantitative estimate of drug-likeness (QED) is 0.600. The number of fused-ring (bicyclic) bond motifs is 3. The zero-order valence-corrected chi connectivity index (χ0v) is 18.4. The van der Waals surface area contributed by atoms with Gasteiger partial charge in [-0.15, -0.1) is 0 Å². The number of para-hydroxylation sites is 1. The zero-order valence-electron chi connectivity index (χ0n) is 18.4. The number of hydrogen-bond donors (Lipinski definition) is 1. The Morgan fingerprint density at radius 2 is 1.84 bits per heavy atom. The fraction of sp³-hybridized carbons (Fsp3) is 0.440. The number of aromatic nitrogens is 1. The van der Waals surface area contributed by atoms with Gasteiger partial charge in [-0.1, -0.05) is 18.2 Å². The second-order valence-corrected chi connectivity index (χ2v) is 9.11. The van der Waals surface area contributed by atoms with E-state index in [1.54, 1.807) is 0 Å². The standard InChI is InChI=1S/C25H28F3N3O/c1-15-9-19-18-5-3-4-6-22(18)29-24(19)25(30(15)2)23-20(27)10-17(11-21(23)28)32-8-7-31-13-16(12-26)14-31/h3-6,10-11,15-16,25,29H,7-9,12-14H2,1-2H3/t15?,25-/m1/s1. The van der Waals surface area contributed by atoms with Gasteiger partial charge in [0.15, 0.2) is 0 Å². The van der Waals surface area contributed by atoms with E-state index in [4.69, 9.17) is 4.74 Å². The highest BCUT2D eigenvalue weighted by atomic mass is 19.1. The molecular weight excluding hydrogens is 415 g/mol. The van der Waals surface area contributed by atoms with Crippen molar-refractivity contribution in [1.82, 2.24) is 14.8 Å². The Kier molecular flexibility index (Phi) is 5.63. The maximum absolute atomic E-state index is 15.3. The molecule has 2 aliphatic rings. The minimum absolute atomic E-state index is 0.0349. The minimum atomic E-state index is -0.614. The molecule has 7 heteroatoms. The smallest absolute Gasteiger partial charge is 0.135 e. The van der Waals surface area contributed by atoms with E-state index in [0.29, 0.717) is 26.2 Å². The van der Waals surface area contributed by atoms with Gasteiger partial charge in [0.25, 0.3) is 0 Å². The van der Waals surface area contributed by atoms with E-state index in [-0.39, 0.29) is 29.9 Å². The summed E-state index contributed by atoms with van der Waals surface area (Å²) in [7, 11) is 1.91. The van der Waals surface area contributed by atoms with Crippen LogP contribution in [0.1, 0.15) is 29.8 Å². The van der Waals surface area contributed by atoms with Crippen molar-refractivity contribution in [1.29, 1.82) is 0 Å². The number of H-pyrrole nitrogens is 1. The lowest BCUT2D eigenvalue weighted by Crippen LogP contribution is -2.49. The third-order valence-electron chi connectivity index (χ3n) is 6.98. The van der Waals surface area contributed by atoms with Gasteiger partial charge in [0.2, 0.25) is 0 Å². The Labute approximate surface area is 186 Å². The predicted octanol–water partition coefficient (Wildman–Crippen LogP) is 4.69. The lowest BCUT2D eigenvalue weighted by Gasteiger charge is -2.38. The normalized spacial score (nSPS) is 22.2. The third kappa shape index (κ3) is 3.67. The summed E-state index contributed by atoms with van der Waals surface area (Å²) in [6.45, 7) is 4.11. The van der Waals surface area contributed by atoms with Crippen molar-refractivity contribution in [2.75, 3.05) is 40.0 Å². The van der Waals surface area contributed by atoms with Gasteiger partial charge < -0.3 is 9.72 Å². The maximum atomic E-state index is 15.3. The monoisotopic (exact) mass is 443 g/mol. The van der Waals surface area contributed by atoms with E-state index in [1.807, 2.05) is 30.1 Å². The number of likely N-dealkylation sites (tertiary alicyclic amines) is 1. The summed E-state index contributed by atoms with van der Waals surface area (Å²) in [6.07, 6.45) is 0.816. The summed E-state index contributed by atoms with van der Waals surface area (Å²) in [5.41, 5.74) is 2.98. The fourth-order valence-corrected chi connectivity index (χ4v) is 5.07. The summed E-state index contributed by atoms with van der Waals surface area (Å²) in [4.78, 5) is 7.50. The molecule has 1 unspecified atom stereocenters. The summed E-state index contributed by atoms with van der Waals surface area (Å²) in [5.74, 6) is -0.947. The Hall–Kier alpha value is -2.51. The van der Waals surface area contributed by atoms with Crippen LogP contribution in [0.2, 0.25) is 0 Å². The van der Waals surface area contributed by atoms with Crippen molar-refractivity contribution < 1.29 is 17.9 Å². The van der Waals surface area contributed by atoms with Crippen molar-refractivity contribution in [2.45, 2.75) is 25.4 Å². The van der Waals surface area contributed by atoms with Crippen molar-refractivity contribution in [3.63, 3.8) is 0 Å². The van der Waals surface area contributed by atoms with Crippen LogP contribution in [0.25, 0.3) is 10.9 Å². The first-order chi connectivity index (χ1) is 15.5. The number of hydrogen-bond acceptors (Lipinski definition) is 3.